The van der Waals surface area contributed by atoms with E-state index in [1.807, 2.05) is 0 Å². The Morgan fingerprint density at radius 3 is 0.964 bits per heavy atom. The molecule has 0 N–H and O–H groups in total. The van der Waals surface area contributed by atoms with Crippen molar-refractivity contribution in [2.45, 2.75) is 144 Å². The van der Waals surface area contributed by atoms with E-state index in [2.05, 4.69) is 208 Å². The van der Waals surface area contributed by atoms with E-state index in [0.29, 0.717) is 11.1 Å². The standard InChI is InChI=1S/C52H66Si.2CH3.Hf/c1-33(2)53(34(3)4,43-27-35-19-17-21-45(47(35)31-43)37-23-39(49(5,6)7)29-40(24-37)50(8,9)10)44-28-36-20-18-22-46(48(36)32-44)38-25-41(51(11,12)13)30-42(26-38)52(14,15)16;;;/h17-34H,1-16H3;2*1H3;/q-2;2*-1;+4. The zero-order valence-corrected chi connectivity index (χ0v) is 43.0. The maximum absolute atomic E-state index is 2.61. The molecule has 0 aliphatic rings. The third-order valence-corrected chi connectivity index (χ3v) is 18.4. The normalized spacial score (nSPS) is 12.9. The molecule has 0 saturated heterocycles. The minimum absolute atomic E-state index is 0. The van der Waals surface area contributed by atoms with Crippen LogP contribution in [0.15, 0.2) is 97.1 Å². The minimum atomic E-state index is -2.28. The summed E-state index contributed by atoms with van der Waals surface area (Å²) in [5, 5.41) is 8.62. The van der Waals surface area contributed by atoms with Crippen LogP contribution in [0.1, 0.15) is 133 Å². The van der Waals surface area contributed by atoms with Crippen LogP contribution in [-0.4, -0.2) is 8.07 Å². The molecular formula is C54H72HfSi. The van der Waals surface area contributed by atoms with E-state index in [1.165, 1.54) is 66.1 Å². The maximum atomic E-state index is 2.61. The summed E-state index contributed by atoms with van der Waals surface area (Å²) in [6.07, 6.45) is 0. The van der Waals surface area contributed by atoms with Crippen molar-refractivity contribution in [1.29, 1.82) is 0 Å². The van der Waals surface area contributed by atoms with Crippen molar-refractivity contribution in [2.75, 3.05) is 0 Å². The molecule has 6 aromatic carbocycles. The monoisotopic (exact) mass is 928 g/mol. The van der Waals surface area contributed by atoms with Crippen molar-refractivity contribution >= 4 is 40.0 Å². The first kappa shape index (κ1) is 47.6. The molecule has 0 fully saturated rings. The molecule has 0 aromatic heterocycles. The van der Waals surface area contributed by atoms with Gasteiger partial charge in [0.1, 0.15) is 0 Å². The first-order chi connectivity index (χ1) is 24.4. The van der Waals surface area contributed by atoms with Gasteiger partial charge in [-0.05, 0) is 66.1 Å². The van der Waals surface area contributed by atoms with Gasteiger partial charge in [-0.3, -0.25) is 0 Å². The molecule has 6 aromatic rings. The van der Waals surface area contributed by atoms with Crippen LogP contribution in [0.2, 0.25) is 11.1 Å². The molecule has 0 aliphatic heterocycles. The van der Waals surface area contributed by atoms with Gasteiger partial charge in [-0.1, -0.05) is 170 Å². The summed E-state index contributed by atoms with van der Waals surface area (Å²) in [6.45, 7) is 38.0. The van der Waals surface area contributed by atoms with Crippen molar-refractivity contribution in [3.8, 4) is 22.3 Å². The van der Waals surface area contributed by atoms with Crippen LogP contribution in [-0.2, 0) is 47.5 Å². The molecule has 0 bridgehead atoms. The molecule has 6 rings (SSSR count). The van der Waals surface area contributed by atoms with Crippen LogP contribution in [0.5, 0.6) is 0 Å². The Hall–Kier alpha value is -2.81. The molecule has 56 heavy (non-hydrogen) atoms. The van der Waals surface area contributed by atoms with Gasteiger partial charge in [-0.25, -0.2) is 0 Å². The quantitative estimate of drug-likeness (QED) is 0.115. The number of fused-ring (bicyclic) bond motifs is 2. The van der Waals surface area contributed by atoms with E-state index < -0.39 is 8.07 Å². The fourth-order valence-electron chi connectivity index (χ4n) is 8.92. The second kappa shape index (κ2) is 16.4. The number of hydrogen-bond acceptors (Lipinski definition) is 0. The Bertz CT molecular complexity index is 2050. The molecule has 0 heterocycles. The van der Waals surface area contributed by atoms with Gasteiger partial charge in [-0.15, -0.1) is 68.3 Å². The number of hydrogen-bond donors (Lipinski definition) is 0. The Labute approximate surface area is 363 Å². The average Bonchev–Trinajstić information content (AvgIpc) is 3.67. The Morgan fingerprint density at radius 2 is 0.714 bits per heavy atom. The van der Waals surface area contributed by atoms with Gasteiger partial charge >= 0.3 is 25.8 Å². The first-order valence-corrected chi connectivity index (χ1v) is 22.3. The average molecular weight is 928 g/mol. The third-order valence-electron chi connectivity index (χ3n) is 12.2. The molecule has 296 valence electrons. The van der Waals surface area contributed by atoms with E-state index in [-0.39, 0.29) is 62.4 Å². The molecule has 0 saturated carbocycles. The van der Waals surface area contributed by atoms with Gasteiger partial charge in [0.05, 0.1) is 8.07 Å². The Balaban J connectivity index is 0.00000280. The van der Waals surface area contributed by atoms with E-state index in [0.717, 1.165) is 0 Å². The van der Waals surface area contributed by atoms with Crippen LogP contribution in [0.4, 0.5) is 0 Å². The van der Waals surface area contributed by atoms with Crippen molar-refractivity contribution < 1.29 is 25.8 Å². The fraction of sp³-hybridized carbons (Fsp3) is 0.407. The molecule has 0 nitrogen and oxygen atoms in total. The summed E-state index contributed by atoms with van der Waals surface area (Å²) < 4.78 is 0. The summed E-state index contributed by atoms with van der Waals surface area (Å²) in [7, 11) is -2.28. The summed E-state index contributed by atoms with van der Waals surface area (Å²) in [6, 6.07) is 39.0. The third kappa shape index (κ3) is 8.78. The van der Waals surface area contributed by atoms with Crippen LogP contribution in [0.25, 0.3) is 43.8 Å². The predicted molar refractivity (Wildman–Crippen MR) is 253 cm³/mol. The maximum Gasteiger partial charge on any atom is 4.00 e. The van der Waals surface area contributed by atoms with E-state index >= 15 is 0 Å². The van der Waals surface area contributed by atoms with Crippen molar-refractivity contribution in [3.05, 3.63) is 134 Å². The zero-order valence-electron chi connectivity index (χ0n) is 38.4. The molecule has 0 unspecified atom stereocenters. The second-order valence-corrected chi connectivity index (χ2v) is 26.1. The van der Waals surface area contributed by atoms with Crippen molar-refractivity contribution in [3.63, 3.8) is 0 Å². The minimum Gasteiger partial charge on any atom is -0.358 e. The molecule has 0 atom stereocenters. The largest absolute Gasteiger partial charge is 4.00 e. The van der Waals surface area contributed by atoms with Crippen LogP contribution in [0, 0.1) is 14.9 Å². The summed E-state index contributed by atoms with van der Waals surface area (Å²) in [5.74, 6) is 0. The van der Waals surface area contributed by atoms with E-state index in [9.17, 15) is 0 Å². The SMILES string of the molecule is CC(C)[Si](c1cc2c(-c3cc(C(C)(C)C)cc(C(C)(C)C)c3)cccc2[cH-]1)(c1cc2c(-c3cc(C(C)(C)C)cc(C(C)(C)C)c3)cccc2[cH-]1)C(C)C.[CH3-].[CH3-].[Hf+4]. The van der Waals surface area contributed by atoms with Gasteiger partial charge in [0.15, 0.2) is 0 Å². The van der Waals surface area contributed by atoms with E-state index in [1.54, 1.807) is 10.4 Å². The second-order valence-electron chi connectivity index (χ2n) is 20.9. The van der Waals surface area contributed by atoms with Crippen LogP contribution < -0.4 is 10.4 Å². The van der Waals surface area contributed by atoms with Gasteiger partial charge in [0, 0.05) is 0 Å². The Morgan fingerprint density at radius 1 is 0.429 bits per heavy atom. The van der Waals surface area contributed by atoms with Gasteiger partial charge in [0.2, 0.25) is 0 Å². The van der Waals surface area contributed by atoms with Crippen LogP contribution in [0.3, 0.4) is 0 Å². The van der Waals surface area contributed by atoms with Gasteiger partial charge in [-0.2, -0.15) is 12.1 Å². The number of rotatable bonds is 6. The molecule has 0 spiro atoms. The molecule has 2 heteroatoms. The molecule has 0 radical (unpaired) electrons. The fourth-order valence-corrected chi connectivity index (χ4v) is 14.8. The molecular weight excluding hydrogens is 855 g/mol. The molecule has 0 amide bonds. The smallest absolute Gasteiger partial charge is 0.358 e. The molecule has 0 aliphatic carbocycles. The summed E-state index contributed by atoms with van der Waals surface area (Å²) in [4.78, 5) is 0. The number of benzene rings is 4. The van der Waals surface area contributed by atoms with Gasteiger partial charge in [0.25, 0.3) is 0 Å². The van der Waals surface area contributed by atoms with Crippen LogP contribution >= 0.6 is 0 Å². The van der Waals surface area contributed by atoms with Gasteiger partial charge < -0.3 is 14.9 Å². The Kier molecular flexibility index (Phi) is 14.0. The topological polar surface area (TPSA) is 0 Å². The summed E-state index contributed by atoms with van der Waals surface area (Å²) >= 11 is 0. The summed E-state index contributed by atoms with van der Waals surface area (Å²) in [5.41, 5.74) is 12.3. The predicted octanol–water partition coefficient (Wildman–Crippen LogP) is 15.2. The first-order valence-electron chi connectivity index (χ1n) is 20.1. The zero-order chi connectivity index (χ0) is 39.1. The van der Waals surface area contributed by atoms with Crippen molar-refractivity contribution in [2.24, 2.45) is 0 Å². The van der Waals surface area contributed by atoms with Crippen molar-refractivity contribution in [1.82, 2.24) is 0 Å². The van der Waals surface area contributed by atoms with E-state index in [4.69, 9.17) is 0 Å².